The number of hydrogen-bond donors (Lipinski definition) is 2. The molecule has 3 aliphatic heterocycles. The molecule has 0 spiro atoms. The monoisotopic (exact) mass is 412 g/mol. The van der Waals surface area contributed by atoms with Gasteiger partial charge in [0.1, 0.15) is 0 Å². The highest BCUT2D eigenvalue weighted by Gasteiger charge is 2.44. The predicted molar refractivity (Wildman–Crippen MR) is 110 cm³/mol. The minimum Gasteiger partial charge on any atom is -0.481 e. The number of hydrogen-bond acceptors (Lipinski definition) is 9. The molecule has 9 heteroatoms. The lowest BCUT2D eigenvalue weighted by molar-refractivity contribution is 0.0903. The summed E-state index contributed by atoms with van der Waals surface area (Å²) in [6, 6.07) is 6.16. The van der Waals surface area contributed by atoms with Gasteiger partial charge in [-0.25, -0.2) is 15.0 Å². The summed E-state index contributed by atoms with van der Waals surface area (Å²) in [6.45, 7) is 3.97. The van der Waals surface area contributed by atoms with E-state index >= 15 is 0 Å². The van der Waals surface area contributed by atoms with E-state index in [0.29, 0.717) is 18.5 Å². The second-order valence-corrected chi connectivity index (χ2v) is 7.92. The molecule has 0 aliphatic carbocycles. The van der Waals surface area contributed by atoms with Crippen molar-refractivity contribution in [2.24, 2.45) is 0 Å². The Morgan fingerprint density at radius 2 is 2.13 bits per heavy atom. The summed E-state index contributed by atoms with van der Waals surface area (Å²) in [5.41, 5.74) is 3.26. The largest absolute Gasteiger partial charge is 0.481 e. The summed E-state index contributed by atoms with van der Waals surface area (Å²) < 4.78 is 16.5. The van der Waals surface area contributed by atoms with Crippen LogP contribution in [0.25, 0.3) is 0 Å². The van der Waals surface area contributed by atoms with Crippen LogP contribution in [0.4, 0.5) is 5.95 Å². The molecular weight excluding hydrogens is 384 g/mol. The Kier molecular flexibility index (Phi) is 5.76. The molecular formula is C21H28N6O3. The SMILES string of the molecule is COc1cccc(CNC2OC2N2CCc3cnc(NC4CCOCC4)nc3C2)n1. The molecule has 2 unspecified atom stereocenters. The molecule has 2 saturated heterocycles. The molecule has 2 aromatic heterocycles. The average Bonchev–Trinajstić information content (AvgIpc) is 3.58. The highest BCUT2D eigenvalue weighted by molar-refractivity contribution is 5.32. The van der Waals surface area contributed by atoms with Crippen molar-refractivity contribution in [1.82, 2.24) is 25.2 Å². The highest BCUT2D eigenvalue weighted by atomic mass is 16.6. The zero-order valence-corrected chi connectivity index (χ0v) is 17.2. The van der Waals surface area contributed by atoms with Crippen LogP contribution in [-0.4, -0.2) is 65.2 Å². The van der Waals surface area contributed by atoms with E-state index in [1.807, 2.05) is 24.4 Å². The standard InChI is InChI=1S/C21H28N6O3/c1-28-18-4-2-3-16(24-18)12-22-19-20(30-19)27-8-5-14-11-23-21(26-17(14)13-27)25-15-6-9-29-10-7-15/h2-4,11,15,19-20,22H,5-10,12-13H2,1H3,(H,23,25,26). The third-order valence-corrected chi connectivity index (χ3v) is 5.83. The number of nitrogens with zero attached hydrogens (tertiary/aromatic N) is 4. The Morgan fingerprint density at radius 3 is 3.00 bits per heavy atom. The Morgan fingerprint density at radius 1 is 1.23 bits per heavy atom. The number of aromatic nitrogens is 3. The molecule has 9 nitrogen and oxygen atoms in total. The fraction of sp³-hybridized carbons (Fsp3) is 0.571. The quantitative estimate of drug-likeness (QED) is 0.652. The summed E-state index contributed by atoms with van der Waals surface area (Å²) in [7, 11) is 1.63. The summed E-state index contributed by atoms with van der Waals surface area (Å²) in [5.74, 6) is 1.35. The maximum absolute atomic E-state index is 5.88. The molecule has 0 bridgehead atoms. The lowest BCUT2D eigenvalue weighted by Gasteiger charge is -2.27. The molecule has 2 fully saturated rings. The van der Waals surface area contributed by atoms with Gasteiger partial charge in [-0.05, 0) is 30.9 Å². The van der Waals surface area contributed by atoms with E-state index in [9.17, 15) is 0 Å². The smallest absolute Gasteiger partial charge is 0.223 e. The summed E-state index contributed by atoms with van der Waals surface area (Å²) in [6.07, 6.45) is 5.00. The Balaban J connectivity index is 1.15. The first-order valence-corrected chi connectivity index (χ1v) is 10.6. The maximum atomic E-state index is 5.88. The molecule has 5 rings (SSSR count). The van der Waals surface area contributed by atoms with Crippen LogP contribution in [0.1, 0.15) is 29.8 Å². The van der Waals surface area contributed by atoms with Crippen molar-refractivity contribution in [3.63, 3.8) is 0 Å². The Hall–Kier alpha value is -2.33. The maximum Gasteiger partial charge on any atom is 0.223 e. The average molecular weight is 412 g/mol. The van der Waals surface area contributed by atoms with Gasteiger partial charge < -0.3 is 19.5 Å². The first kappa shape index (κ1) is 19.6. The van der Waals surface area contributed by atoms with E-state index in [1.165, 1.54) is 5.56 Å². The van der Waals surface area contributed by atoms with Gasteiger partial charge in [-0.1, -0.05) is 6.07 Å². The van der Waals surface area contributed by atoms with E-state index in [-0.39, 0.29) is 12.5 Å². The first-order valence-electron chi connectivity index (χ1n) is 10.6. The minimum absolute atomic E-state index is 0.0150. The Bertz CT molecular complexity index is 876. The molecule has 0 aromatic carbocycles. The van der Waals surface area contributed by atoms with E-state index in [4.69, 9.17) is 19.2 Å². The van der Waals surface area contributed by atoms with E-state index in [2.05, 4.69) is 25.5 Å². The zero-order chi connectivity index (χ0) is 20.3. The summed E-state index contributed by atoms with van der Waals surface area (Å²) >= 11 is 0. The topological polar surface area (TPSA) is 97.0 Å². The van der Waals surface area contributed by atoms with Crippen molar-refractivity contribution >= 4 is 5.95 Å². The van der Waals surface area contributed by atoms with Crippen LogP contribution < -0.4 is 15.4 Å². The Labute approximate surface area is 176 Å². The molecule has 0 amide bonds. The van der Waals surface area contributed by atoms with Crippen LogP contribution in [-0.2, 0) is 29.0 Å². The van der Waals surface area contributed by atoms with Gasteiger partial charge in [0.2, 0.25) is 11.8 Å². The van der Waals surface area contributed by atoms with E-state index in [1.54, 1.807) is 7.11 Å². The predicted octanol–water partition coefficient (Wildman–Crippen LogP) is 1.30. The zero-order valence-electron chi connectivity index (χ0n) is 17.2. The number of methoxy groups -OCH3 is 1. The molecule has 0 saturated carbocycles. The van der Waals surface area contributed by atoms with Crippen LogP contribution >= 0.6 is 0 Å². The van der Waals surface area contributed by atoms with Gasteiger partial charge in [0.15, 0.2) is 12.5 Å². The minimum atomic E-state index is 0.0150. The second-order valence-electron chi connectivity index (χ2n) is 7.92. The lowest BCUT2D eigenvalue weighted by atomic mass is 10.1. The van der Waals surface area contributed by atoms with Gasteiger partial charge in [0.05, 0.1) is 18.5 Å². The van der Waals surface area contributed by atoms with Crippen molar-refractivity contribution in [3.05, 3.63) is 41.3 Å². The highest BCUT2D eigenvalue weighted by Crippen LogP contribution is 2.29. The van der Waals surface area contributed by atoms with Gasteiger partial charge in [-0.2, -0.15) is 0 Å². The van der Waals surface area contributed by atoms with E-state index in [0.717, 1.165) is 62.9 Å². The lowest BCUT2D eigenvalue weighted by Crippen LogP contribution is -2.37. The van der Waals surface area contributed by atoms with Crippen molar-refractivity contribution in [3.8, 4) is 5.88 Å². The fourth-order valence-electron chi connectivity index (χ4n) is 4.04. The molecule has 5 heterocycles. The summed E-state index contributed by atoms with van der Waals surface area (Å²) in [5, 5.41) is 6.89. The first-order chi connectivity index (χ1) is 14.8. The van der Waals surface area contributed by atoms with Crippen molar-refractivity contribution in [2.45, 2.75) is 50.8 Å². The van der Waals surface area contributed by atoms with Gasteiger partial charge in [0.25, 0.3) is 0 Å². The second kappa shape index (κ2) is 8.81. The van der Waals surface area contributed by atoms with Crippen LogP contribution in [0.5, 0.6) is 5.88 Å². The number of fused-ring (bicyclic) bond motifs is 1. The molecule has 30 heavy (non-hydrogen) atoms. The molecule has 2 N–H and O–H groups in total. The normalized spacial score (nSPS) is 24.3. The molecule has 2 atom stereocenters. The van der Waals surface area contributed by atoms with Gasteiger partial charge >= 0.3 is 0 Å². The van der Waals surface area contributed by atoms with Crippen LogP contribution in [0.3, 0.4) is 0 Å². The van der Waals surface area contributed by atoms with Crippen LogP contribution in [0.2, 0.25) is 0 Å². The van der Waals surface area contributed by atoms with Crippen molar-refractivity contribution in [2.75, 3.05) is 32.2 Å². The fourth-order valence-corrected chi connectivity index (χ4v) is 4.04. The van der Waals surface area contributed by atoms with Gasteiger partial charge in [0, 0.05) is 51.2 Å². The van der Waals surface area contributed by atoms with Crippen molar-refractivity contribution in [1.29, 1.82) is 0 Å². The molecule has 160 valence electrons. The van der Waals surface area contributed by atoms with Gasteiger partial charge in [-0.3, -0.25) is 10.2 Å². The van der Waals surface area contributed by atoms with E-state index < -0.39 is 0 Å². The van der Waals surface area contributed by atoms with Gasteiger partial charge in [-0.15, -0.1) is 0 Å². The summed E-state index contributed by atoms with van der Waals surface area (Å²) in [4.78, 5) is 16.1. The van der Waals surface area contributed by atoms with Crippen LogP contribution in [0, 0.1) is 0 Å². The molecule has 2 aromatic rings. The van der Waals surface area contributed by atoms with Crippen molar-refractivity contribution < 1.29 is 14.2 Å². The number of anilines is 1. The third-order valence-electron chi connectivity index (χ3n) is 5.83. The van der Waals surface area contributed by atoms with Crippen LogP contribution in [0.15, 0.2) is 24.4 Å². The number of epoxide rings is 1. The number of pyridine rings is 1. The molecule has 3 aliphatic rings. The number of nitrogens with one attached hydrogen (secondary N) is 2. The number of ether oxygens (including phenoxy) is 3. The molecule has 0 radical (unpaired) electrons. The number of rotatable bonds is 7. The third kappa shape index (κ3) is 4.54.